The number of aliphatic hydroxyl groups excluding tert-OH is 1. The Kier molecular flexibility index (Phi) is 5.55. The Morgan fingerprint density at radius 1 is 1.27 bits per heavy atom. The molecular weight excluding hydrogens is 290 g/mol. The third kappa shape index (κ3) is 4.60. The largest absolute Gasteiger partial charge is 0.386 e. The number of pyridine rings is 1. The van der Waals surface area contributed by atoms with E-state index in [9.17, 15) is 18.7 Å². The fourth-order valence-electron chi connectivity index (χ4n) is 2.00. The molecule has 6 heteroatoms. The second kappa shape index (κ2) is 7.61. The van der Waals surface area contributed by atoms with Gasteiger partial charge in [-0.3, -0.25) is 9.78 Å². The highest BCUT2D eigenvalue weighted by atomic mass is 19.1. The average Bonchev–Trinajstić information content (AvgIpc) is 2.51. The lowest BCUT2D eigenvalue weighted by Crippen LogP contribution is -2.28. The molecule has 2 aromatic rings. The van der Waals surface area contributed by atoms with E-state index in [0.29, 0.717) is 12.0 Å². The fourth-order valence-corrected chi connectivity index (χ4v) is 2.00. The van der Waals surface area contributed by atoms with E-state index in [4.69, 9.17) is 0 Å². The number of aryl methyl sites for hydroxylation is 1. The van der Waals surface area contributed by atoms with Gasteiger partial charge in [0.15, 0.2) is 0 Å². The molecule has 0 spiro atoms. The quantitative estimate of drug-likeness (QED) is 0.859. The van der Waals surface area contributed by atoms with Gasteiger partial charge in [0, 0.05) is 24.7 Å². The summed E-state index contributed by atoms with van der Waals surface area (Å²) in [6.07, 6.45) is 1.95. The molecule has 0 saturated carbocycles. The highest BCUT2D eigenvalue weighted by molar-refractivity contribution is 5.76. The summed E-state index contributed by atoms with van der Waals surface area (Å²) in [6, 6.07) is 7.16. The molecule has 4 nitrogen and oxygen atoms in total. The van der Waals surface area contributed by atoms with Gasteiger partial charge in [-0.05, 0) is 24.1 Å². The predicted octanol–water partition coefficient (Wildman–Crippen LogP) is 2.14. The van der Waals surface area contributed by atoms with Crippen LogP contribution in [0.15, 0.2) is 42.7 Å². The van der Waals surface area contributed by atoms with E-state index in [1.165, 1.54) is 30.5 Å². The normalized spacial score (nSPS) is 12.0. The maximum absolute atomic E-state index is 13.5. The second-order valence-corrected chi connectivity index (χ2v) is 4.85. The van der Waals surface area contributed by atoms with Crippen LogP contribution in [-0.2, 0) is 11.2 Å². The number of carbonyl (C=O) groups is 1. The maximum Gasteiger partial charge on any atom is 0.220 e. The summed E-state index contributed by atoms with van der Waals surface area (Å²) in [6.45, 7) is -0.0822. The van der Waals surface area contributed by atoms with Crippen molar-refractivity contribution in [1.29, 1.82) is 0 Å². The minimum absolute atomic E-state index is 0.0822. The summed E-state index contributed by atoms with van der Waals surface area (Å²) >= 11 is 0. The van der Waals surface area contributed by atoms with E-state index in [-0.39, 0.29) is 24.4 Å². The number of benzene rings is 1. The number of aliphatic hydroxyl groups is 1. The van der Waals surface area contributed by atoms with Crippen molar-refractivity contribution in [3.05, 3.63) is 65.5 Å². The van der Waals surface area contributed by atoms with Crippen LogP contribution in [0.25, 0.3) is 0 Å². The number of hydrogen-bond acceptors (Lipinski definition) is 3. The van der Waals surface area contributed by atoms with Crippen LogP contribution in [0, 0.1) is 11.6 Å². The summed E-state index contributed by atoms with van der Waals surface area (Å²) in [5.41, 5.74) is 0.752. The topological polar surface area (TPSA) is 62.2 Å². The van der Waals surface area contributed by atoms with Crippen LogP contribution in [0.4, 0.5) is 8.78 Å². The van der Waals surface area contributed by atoms with Crippen LogP contribution in [0.5, 0.6) is 0 Å². The smallest absolute Gasteiger partial charge is 0.220 e. The first-order valence-electron chi connectivity index (χ1n) is 6.85. The third-order valence-corrected chi connectivity index (χ3v) is 3.16. The summed E-state index contributed by atoms with van der Waals surface area (Å²) in [4.78, 5) is 15.4. The Labute approximate surface area is 126 Å². The molecule has 116 valence electrons. The van der Waals surface area contributed by atoms with E-state index >= 15 is 0 Å². The SMILES string of the molecule is O=C(CCc1cncc(F)c1)NCC(O)c1ccccc1F. The molecule has 1 heterocycles. The summed E-state index contributed by atoms with van der Waals surface area (Å²) in [5, 5.41) is 12.4. The summed E-state index contributed by atoms with van der Waals surface area (Å²) in [7, 11) is 0. The van der Waals surface area contributed by atoms with Crippen LogP contribution in [0.2, 0.25) is 0 Å². The van der Waals surface area contributed by atoms with Gasteiger partial charge in [0.2, 0.25) is 5.91 Å². The number of hydrogen-bond donors (Lipinski definition) is 2. The Morgan fingerprint density at radius 3 is 2.77 bits per heavy atom. The Balaban J connectivity index is 1.79. The van der Waals surface area contributed by atoms with Crippen molar-refractivity contribution in [1.82, 2.24) is 10.3 Å². The first-order valence-corrected chi connectivity index (χ1v) is 6.85. The molecule has 1 amide bonds. The molecule has 0 bridgehead atoms. The Morgan fingerprint density at radius 2 is 2.05 bits per heavy atom. The van der Waals surface area contributed by atoms with Gasteiger partial charge in [-0.25, -0.2) is 8.78 Å². The Bertz CT molecular complexity index is 650. The van der Waals surface area contributed by atoms with Gasteiger partial charge < -0.3 is 10.4 Å². The molecule has 22 heavy (non-hydrogen) atoms. The van der Waals surface area contributed by atoms with Gasteiger partial charge in [0.05, 0.1) is 12.3 Å². The van der Waals surface area contributed by atoms with Gasteiger partial charge in [-0.15, -0.1) is 0 Å². The van der Waals surface area contributed by atoms with E-state index in [1.807, 2.05) is 0 Å². The fraction of sp³-hybridized carbons (Fsp3) is 0.250. The van der Waals surface area contributed by atoms with E-state index in [2.05, 4.69) is 10.3 Å². The van der Waals surface area contributed by atoms with Gasteiger partial charge in [-0.2, -0.15) is 0 Å². The van der Waals surface area contributed by atoms with Crippen molar-refractivity contribution in [3.8, 4) is 0 Å². The zero-order valence-electron chi connectivity index (χ0n) is 11.8. The minimum atomic E-state index is -1.11. The first-order chi connectivity index (χ1) is 10.6. The predicted molar refractivity (Wildman–Crippen MR) is 76.9 cm³/mol. The van der Waals surface area contributed by atoms with Crippen molar-refractivity contribution in [2.75, 3.05) is 6.54 Å². The van der Waals surface area contributed by atoms with Crippen LogP contribution in [0.1, 0.15) is 23.7 Å². The third-order valence-electron chi connectivity index (χ3n) is 3.16. The molecule has 0 fully saturated rings. The lowest BCUT2D eigenvalue weighted by Gasteiger charge is -2.13. The van der Waals surface area contributed by atoms with Crippen LogP contribution < -0.4 is 5.32 Å². The summed E-state index contributed by atoms with van der Waals surface area (Å²) in [5.74, 6) is -1.28. The van der Waals surface area contributed by atoms with E-state index in [1.54, 1.807) is 6.07 Å². The van der Waals surface area contributed by atoms with Crippen molar-refractivity contribution in [2.45, 2.75) is 18.9 Å². The van der Waals surface area contributed by atoms with Gasteiger partial charge >= 0.3 is 0 Å². The van der Waals surface area contributed by atoms with Crippen LogP contribution in [-0.4, -0.2) is 22.5 Å². The van der Waals surface area contributed by atoms with Crippen LogP contribution >= 0.6 is 0 Å². The first kappa shape index (κ1) is 16.0. The molecule has 0 aliphatic heterocycles. The number of aromatic nitrogens is 1. The number of amides is 1. The minimum Gasteiger partial charge on any atom is -0.386 e. The standard InChI is InChI=1S/C16H16F2N2O2/c17-12-7-11(8-19-9-12)5-6-16(22)20-10-15(21)13-3-1-2-4-14(13)18/h1-4,7-9,15,21H,5-6,10H2,(H,20,22). The molecule has 1 aromatic carbocycles. The number of nitrogens with zero attached hydrogens (tertiary/aromatic N) is 1. The van der Waals surface area contributed by atoms with Gasteiger partial charge in [-0.1, -0.05) is 18.2 Å². The average molecular weight is 306 g/mol. The van der Waals surface area contributed by atoms with Gasteiger partial charge in [0.25, 0.3) is 0 Å². The molecule has 2 N–H and O–H groups in total. The van der Waals surface area contributed by atoms with Gasteiger partial charge in [0.1, 0.15) is 11.6 Å². The maximum atomic E-state index is 13.5. The number of rotatable bonds is 6. The molecule has 1 aromatic heterocycles. The monoisotopic (exact) mass is 306 g/mol. The number of halogens is 2. The second-order valence-electron chi connectivity index (χ2n) is 4.85. The zero-order valence-corrected chi connectivity index (χ0v) is 11.8. The van der Waals surface area contributed by atoms with Crippen LogP contribution in [0.3, 0.4) is 0 Å². The summed E-state index contributed by atoms with van der Waals surface area (Å²) < 4.78 is 26.4. The molecule has 0 radical (unpaired) electrons. The van der Waals surface area contributed by atoms with Crippen molar-refractivity contribution in [3.63, 3.8) is 0 Å². The number of nitrogens with one attached hydrogen (secondary N) is 1. The molecule has 2 rings (SSSR count). The molecular formula is C16H16F2N2O2. The molecule has 0 saturated heterocycles. The van der Waals surface area contributed by atoms with Crippen molar-refractivity contribution in [2.24, 2.45) is 0 Å². The Hall–Kier alpha value is -2.34. The molecule has 0 aliphatic carbocycles. The lowest BCUT2D eigenvalue weighted by molar-refractivity contribution is -0.121. The number of carbonyl (C=O) groups excluding carboxylic acids is 1. The highest BCUT2D eigenvalue weighted by Gasteiger charge is 2.13. The molecule has 1 atom stereocenters. The van der Waals surface area contributed by atoms with Crippen molar-refractivity contribution >= 4 is 5.91 Å². The van der Waals surface area contributed by atoms with E-state index < -0.39 is 17.7 Å². The van der Waals surface area contributed by atoms with Crippen molar-refractivity contribution < 1.29 is 18.7 Å². The molecule has 0 aliphatic rings. The van der Waals surface area contributed by atoms with E-state index in [0.717, 1.165) is 6.20 Å². The molecule has 1 unspecified atom stereocenters. The lowest BCUT2D eigenvalue weighted by atomic mass is 10.1. The zero-order chi connectivity index (χ0) is 15.9. The highest BCUT2D eigenvalue weighted by Crippen LogP contribution is 2.15.